The molecule has 6 nitrogen and oxygen atoms in total. The summed E-state index contributed by atoms with van der Waals surface area (Å²) in [5.41, 5.74) is 0.583. The van der Waals surface area contributed by atoms with Crippen molar-refractivity contribution in [1.82, 2.24) is 0 Å². The quantitative estimate of drug-likeness (QED) is 0.801. The first kappa shape index (κ1) is 19.7. The molecule has 0 heterocycles. The largest absolute Gasteiger partial charge is 0.494 e. The van der Waals surface area contributed by atoms with Gasteiger partial charge in [0.2, 0.25) is 15.9 Å². The summed E-state index contributed by atoms with van der Waals surface area (Å²) in [5.74, 6) is -0.463. The van der Waals surface area contributed by atoms with Crippen LogP contribution in [0.25, 0.3) is 0 Å². The number of carbonyl (C=O) groups excluding carboxylic acids is 1. The minimum Gasteiger partial charge on any atom is -0.494 e. The lowest BCUT2D eigenvalue weighted by atomic mass is 10.2. The third-order valence-corrected chi connectivity index (χ3v) is 4.83. The van der Waals surface area contributed by atoms with Crippen LogP contribution < -0.4 is 14.4 Å². The van der Waals surface area contributed by atoms with Crippen molar-refractivity contribution in [2.75, 3.05) is 22.5 Å². The Hall–Kier alpha value is -2.61. The fourth-order valence-electron chi connectivity index (χ4n) is 2.47. The summed E-state index contributed by atoms with van der Waals surface area (Å²) in [4.78, 5) is 12.5. The Kier molecular flexibility index (Phi) is 6.20. The molecule has 2 aromatic rings. The first-order valence-electron chi connectivity index (χ1n) is 8.01. The second kappa shape index (κ2) is 8.18. The van der Waals surface area contributed by atoms with Gasteiger partial charge in [-0.15, -0.1) is 0 Å². The maximum atomic E-state index is 13.5. The number of nitrogens with zero attached hydrogens (tertiary/aromatic N) is 1. The third-order valence-electron chi connectivity index (χ3n) is 3.58. The average Bonchev–Trinajstić information content (AvgIpc) is 2.55. The Morgan fingerprint density at radius 2 is 1.88 bits per heavy atom. The molecular formula is C18H21FN2O4S. The number of amides is 1. The molecule has 0 saturated carbocycles. The monoisotopic (exact) mass is 380 g/mol. The first-order valence-corrected chi connectivity index (χ1v) is 9.86. The number of ether oxygens (including phenoxy) is 1. The van der Waals surface area contributed by atoms with Crippen molar-refractivity contribution in [1.29, 1.82) is 0 Å². The Morgan fingerprint density at radius 1 is 1.23 bits per heavy atom. The fraction of sp³-hybridized carbons (Fsp3) is 0.278. The number of anilines is 2. The normalized spacial score (nSPS) is 12.3. The predicted molar refractivity (Wildman–Crippen MR) is 99.4 cm³/mol. The van der Waals surface area contributed by atoms with E-state index >= 15 is 0 Å². The van der Waals surface area contributed by atoms with Crippen LogP contribution in [0.4, 0.5) is 15.8 Å². The Bertz CT molecular complexity index is 869. The lowest BCUT2D eigenvalue weighted by molar-refractivity contribution is -0.116. The van der Waals surface area contributed by atoms with Gasteiger partial charge in [0.05, 0.1) is 18.6 Å². The molecule has 0 unspecified atom stereocenters. The summed E-state index contributed by atoms with van der Waals surface area (Å²) in [7, 11) is -3.80. The molecule has 0 saturated heterocycles. The highest BCUT2D eigenvalue weighted by Crippen LogP contribution is 2.23. The summed E-state index contributed by atoms with van der Waals surface area (Å²) in [5, 5.41) is 2.65. The van der Waals surface area contributed by atoms with Crippen molar-refractivity contribution in [3.63, 3.8) is 0 Å². The zero-order chi connectivity index (χ0) is 19.3. The molecule has 0 aliphatic rings. The van der Waals surface area contributed by atoms with E-state index < -0.39 is 27.8 Å². The highest BCUT2D eigenvalue weighted by Gasteiger charge is 2.29. The molecule has 0 aromatic heterocycles. The Labute approximate surface area is 152 Å². The molecule has 0 aliphatic carbocycles. The molecular weight excluding hydrogens is 359 g/mol. The lowest BCUT2D eigenvalue weighted by Gasteiger charge is -2.28. The molecule has 1 atom stereocenters. The van der Waals surface area contributed by atoms with E-state index in [0.29, 0.717) is 18.0 Å². The maximum absolute atomic E-state index is 13.5. The van der Waals surface area contributed by atoms with Crippen molar-refractivity contribution in [2.24, 2.45) is 0 Å². The van der Waals surface area contributed by atoms with E-state index in [4.69, 9.17) is 4.74 Å². The molecule has 2 aromatic carbocycles. The second-order valence-electron chi connectivity index (χ2n) is 5.66. The predicted octanol–water partition coefficient (Wildman–Crippen LogP) is 3.02. The van der Waals surface area contributed by atoms with Gasteiger partial charge in [0, 0.05) is 5.69 Å². The SMILES string of the molecule is CCOc1ccc(NC(=O)[C@@H](C)N(c2cccc(F)c2)S(C)(=O)=O)cc1. The van der Waals surface area contributed by atoms with Crippen LogP contribution in [0.15, 0.2) is 48.5 Å². The van der Waals surface area contributed by atoms with E-state index in [9.17, 15) is 17.6 Å². The van der Waals surface area contributed by atoms with Gasteiger partial charge in [-0.25, -0.2) is 12.8 Å². The van der Waals surface area contributed by atoms with Gasteiger partial charge in [-0.05, 0) is 56.3 Å². The molecule has 0 spiro atoms. The van der Waals surface area contributed by atoms with Gasteiger partial charge in [0.1, 0.15) is 17.6 Å². The molecule has 1 amide bonds. The number of hydrogen-bond acceptors (Lipinski definition) is 4. The standard InChI is InChI=1S/C18H21FN2O4S/c1-4-25-17-10-8-15(9-11-17)20-18(22)13(2)21(26(3,23)24)16-7-5-6-14(19)12-16/h5-13H,4H2,1-3H3,(H,20,22)/t13-/m1/s1. The van der Waals surface area contributed by atoms with Crippen molar-refractivity contribution >= 4 is 27.3 Å². The number of halogens is 1. The van der Waals surface area contributed by atoms with Crippen LogP contribution in [0.3, 0.4) is 0 Å². The van der Waals surface area contributed by atoms with Crippen molar-refractivity contribution < 1.29 is 22.3 Å². The summed E-state index contributed by atoms with van der Waals surface area (Å²) < 4.78 is 44.0. The smallest absolute Gasteiger partial charge is 0.247 e. The number of sulfonamides is 1. The van der Waals surface area contributed by atoms with Crippen molar-refractivity contribution in [3.8, 4) is 5.75 Å². The second-order valence-corrected chi connectivity index (χ2v) is 7.52. The number of rotatable bonds is 7. The lowest BCUT2D eigenvalue weighted by Crippen LogP contribution is -2.45. The summed E-state index contributed by atoms with van der Waals surface area (Å²) in [6, 6.07) is 10.7. The number of hydrogen-bond donors (Lipinski definition) is 1. The minimum absolute atomic E-state index is 0.0850. The van der Waals surface area contributed by atoms with Crippen LogP contribution in [0.2, 0.25) is 0 Å². The number of nitrogens with one attached hydrogen (secondary N) is 1. The van der Waals surface area contributed by atoms with Gasteiger partial charge in [-0.3, -0.25) is 9.10 Å². The first-order chi connectivity index (χ1) is 12.2. The molecule has 0 radical (unpaired) electrons. The van der Waals surface area contributed by atoms with E-state index in [2.05, 4.69) is 5.32 Å². The van der Waals surface area contributed by atoms with Gasteiger partial charge in [-0.1, -0.05) is 6.07 Å². The molecule has 140 valence electrons. The zero-order valence-corrected chi connectivity index (χ0v) is 15.6. The van der Waals surface area contributed by atoms with Gasteiger partial charge in [0.15, 0.2) is 0 Å². The summed E-state index contributed by atoms with van der Waals surface area (Å²) in [6.07, 6.45) is 0.971. The van der Waals surface area contributed by atoms with E-state index in [1.54, 1.807) is 24.3 Å². The Balaban J connectivity index is 2.22. The van der Waals surface area contributed by atoms with Gasteiger partial charge < -0.3 is 10.1 Å². The summed E-state index contributed by atoms with van der Waals surface area (Å²) >= 11 is 0. The van der Waals surface area contributed by atoms with Gasteiger partial charge in [0.25, 0.3) is 0 Å². The number of carbonyl (C=O) groups is 1. The maximum Gasteiger partial charge on any atom is 0.247 e. The molecule has 1 N–H and O–H groups in total. The Morgan fingerprint density at radius 3 is 2.42 bits per heavy atom. The fourth-order valence-corrected chi connectivity index (χ4v) is 3.64. The van der Waals surface area contributed by atoms with Crippen LogP contribution in [0, 0.1) is 5.82 Å². The topological polar surface area (TPSA) is 75.7 Å². The minimum atomic E-state index is -3.80. The highest BCUT2D eigenvalue weighted by molar-refractivity contribution is 7.92. The van der Waals surface area contributed by atoms with Crippen LogP contribution >= 0.6 is 0 Å². The van der Waals surface area contributed by atoms with Gasteiger partial charge in [-0.2, -0.15) is 0 Å². The van der Waals surface area contributed by atoms with Crippen molar-refractivity contribution in [2.45, 2.75) is 19.9 Å². The summed E-state index contributed by atoms with van der Waals surface area (Å²) in [6.45, 7) is 3.83. The molecule has 2 rings (SSSR count). The van der Waals surface area contributed by atoms with E-state index in [1.165, 1.54) is 25.1 Å². The highest BCUT2D eigenvalue weighted by atomic mass is 32.2. The van der Waals surface area contributed by atoms with E-state index in [1.807, 2.05) is 6.92 Å². The van der Waals surface area contributed by atoms with Gasteiger partial charge >= 0.3 is 0 Å². The van der Waals surface area contributed by atoms with Crippen LogP contribution in [0.5, 0.6) is 5.75 Å². The molecule has 0 fully saturated rings. The van der Waals surface area contributed by atoms with E-state index in [-0.39, 0.29) is 5.69 Å². The molecule has 0 aliphatic heterocycles. The molecule has 0 bridgehead atoms. The van der Waals surface area contributed by atoms with Crippen LogP contribution in [-0.2, 0) is 14.8 Å². The van der Waals surface area contributed by atoms with Crippen molar-refractivity contribution in [3.05, 3.63) is 54.3 Å². The number of benzene rings is 2. The third kappa shape index (κ3) is 4.95. The molecule has 8 heteroatoms. The van der Waals surface area contributed by atoms with Crippen LogP contribution in [0.1, 0.15) is 13.8 Å². The van der Waals surface area contributed by atoms with Crippen LogP contribution in [-0.4, -0.2) is 33.2 Å². The van der Waals surface area contributed by atoms with E-state index in [0.717, 1.165) is 16.6 Å². The average molecular weight is 380 g/mol. The zero-order valence-electron chi connectivity index (χ0n) is 14.8. The molecule has 26 heavy (non-hydrogen) atoms.